The Balaban J connectivity index is 1.42. The Hall–Kier alpha value is -0.800. The Labute approximate surface area is 110 Å². The lowest BCUT2D eigenvalue weighted by atomic mass is 10.0. The highest BCUT2D eigenvalue weighted by atomic mass is 16.3. The first-order valence-electron chi connectivity index (χ1n) is 7.39. The zero-order chi connectivity index (χ0) is 12.2. The van der Waals surface area contributed by atoms with Gasteiger partial charge in [-0.2, -0.15) is 0 Å². The molecule has 2 fully saturated rings. The molecule has 2 heterocycles. The fourth-order valence-electron chi connectivity index (χ4n) is 2.98. The molecule has 1 atom stereocenters. The first-order chi connectivity index (χ1) is 8.92. The van der Waals surface area contributed by atoms with E-state index in [0.29, 0.717) is 0 Å². The summed E-state index contributed by atoms with van der Waals surface area (Å²) in [5.41, 5.74) is 0. The molecule has 3 rings (SSSR count). The van der Waals surface area contributed by atoms with E-state index in [4.69, 9.17) is 4.42 Å². The van der Waals surface area contributed by atoms with E-state index in [0.717, 1.165) is 24.3 Å². The first kappa shape index (κ1) is 12.2. The molecule has 3 nitrogen and oxygen atoms in total. The molecular weight excluding hydrogens is 224 g/mol. The van der Waals surface area contributed by atoms with E-state index < -0.39 is 0 Å². The molecule has 0 spiro atoms. The van der Waals surface area contributed by atoms with Crippen LogP contribution in [0.3, 0.4) is 0 Å². The van der Waals surface area contributed by atoms with Crippen LogP contribution in [0.15, 0.2) is 22.8 Å². The van der Waals surface area contributed by atoms with Crippen LogP contribution in [0.1, 0.15) is 37.9 Å². The maximum Gasteiger partial charge on any atom is 0.117 e. The van der Waals surface area contributed by atoms with E-state index in [1.165, 1.54) is 51.7 Å². The molecule has 3 heteroatoms. The van der Waals surface area contributed by atoms with Crippen molar-refractivity contribution < 1.29 is 4.42 Å². The van der Waals surface area contributed by atoms with Crippen molar-refractivity contribution in [2.75, 3.05) is 19.6 Å². The zero-order valence-electron chi connectivity index (χ0n) is 11.1. The van der Waals surface area contributed by atoms with Gasteiger partial charge in [-0.05, 0) is 69.8 Å². The predicted molar refractivity (Wildman–Crippen MR) is 72.4 cm³/mol. The second-order valence-electron chi connectivity index (χ2n) is 5.78. The molecule has 2 aliphatic rings. The van der Waals surface area contributed by atoms with Gasteiger partial charge in [-0.25, -0.2) is 0 Å². The van der Waals surface area contributed by atoms with Gasteiger partial charge in [0, 0.05) is 6.04 Å². The fraction of sp³-hybridized carbons (Fsp3) is 0.733. The third kappa shape index (κ3) is 3.36. The maximum absolute atomic E-state index is 5.47. The van der Waals surface area contributed by atoms with Crippen LogP contribution in [0, 0.1) is 5.92 Å². The van der Waals surface area contributed by atoms with Gasteiger partial charge in [-0.15, -0.1) is 0 Å². The van der Waals surface area contributed by atoms with Crippen LogP contribution < -0.4 is 5.32 Å². The molecule has 100 valence electrons. The molecule has 0 amide bonds. The Morgan fingerprint density at radius 2 is 2.28 bits per heavy atom. The van der Waals surface area contributed by atoms with Crippen LogP contribution >= 0.6 is 0 Å². The lowest BCUT2D eigenvalue weighted by molar-refractivity contribution is 0.224. The van der Waals surface area contributed by atoms with Crippen LogP contribution in [0.2, 0.25) is 0 Å². The molecule has 0 bridgehead atoms. The summed E-state index contributed by atoms with van der Waals surface area (Å²) < 4.78 is 5.47. The van der Waals surface area contributed by atoms with Gasteiger partial charge in [0.15, 0.2) is 0 Å². The van der Waals surface area contributed by atoms with E-state index in [1.807, 2.05) is 6.07 Å². The quantitative estimate of drug-likeness (QED) is 0.804. The molecule has 1 N–H and O–H groups in total. The molecule has 1 unspecified atom stereocenters. The van der Waals surface area contributed by atoms with Gasteiger partial charge in [-0.1, -0.05) is 0 Å². The van der Waals surface area contributed by atoms with Crippen molar-refractivity contribution in [3.05, 3.63) is 24.2 Å². The second kappa shape index (κ2) is 5.89. The lowest BCUT2D eigenvalue weighted by Gasteiger charge is -2.21. The largest absolute Gasteiger partial charge is 0.468 e. The summed E-state index contributed by atoms with van der Waals surface area (Å²) in [7, 11) is 0. The molecule has 1 aliphatic heterocycles. The summed E-state index contributed by atoms with van der Waals surface area (Å²) in [6, 6.07) is 4.91. The minimum atomic E-state index is 0.830. The summed E-state index contributed by atoms with van der Waals surface area (Å²) in [4.78, 5) is 2.61. The van der Waals surface area contributed by atoms with Crippen molar-refractivity contribution in [2.24, 2.45) is 5.92 Å². The number of nitrogens with one attached hydrogen (secondary N) is 1. The van der Waals surface area contributed by atoms with Gasteiger partial charge >= 0.3 is 0 Å². The van der Waals surface area contributed by atoms with Crippen molar-refractivity contribution >= 4 is 0 Å². The lowest BCUT2D eigenvalue weighted by Crippen LogP contribution is -2.27. The molecule has 1 saturated carbocycles. The van der Waals surface area contributed by atoms with Gasteiger partial charge in [0.25, 0.3) is 0 Å². The highest BCUT2D eigenvalue weighted by Crippen LogP contribution is 2.29. The number of rotatable bonds is 7. The van der Waals surface area contributed by atoms with E-state index in [-0.39, 0.29) is 0 Å². The van der Waals surface area contributed by atoms with Gasteiger partial charge in [0.05, 0.1) is 12.8 Å². The topological polar surface area (TPSA) is 28.4 Å². The predicted octanol–water partition coefficient (Wildman–Crippen LogP) is 2.63. The Kier molecular flexibility index (Phi) is 4.01. The third-order valence-electron chi connectivity index (χ3n) is 4.22. The standard InChI is InChI=1S/C15H24N2O/c1(3-13-7-8-16-11-13)9-17(14-5-6-14)12-15-4-2-10-18-15/h2,4,10,13-14,16H,1,3,5-9,11-12H2. The highest BCUT2D eigenvalue weighted by molar-refractivity contribution is 4.99. The van der Waals surface area contributed by atoms with Crippen LogP contribution in [0.5, 0.6) is 0 Å². The number of furan rings is 1. The van der Waals surface area contributed by atoms with E-state index in [2.05, 4.69) is 16.3 Å². The van der Waals surface area contributed by atoms with E-state index >= 15 is 0 Å². The molecule has 1 aliphatic carbocycles. The third-order valence-corrected chi connectivity index (χ3v) is 4.22. The van der Waals surface area contributed by atoms with Crippen molar-refractivity contribution in [3.63, 3.8) is 0 Å². The summed E-state index contributed by atoms with van der Waals surface area (Å²) in [5.74, 6) is 2.04. The summed E-state index contributed by atoms with van der Waals surface area (Å²) >= 11 is 0. The van der Waals surface area contributed by atoms with Gasteiger partial charge in [0.2, 0.25) is 0 Å². The molecule has 1 saturated heterocycles. The average Bonchev–Trinajstić information content (AvgIpc) is 2.89. The van der Waals surface area contributed by atoms with Crippen molar-refractivity contribution in [1.82, 2.24) is 10.2 Å². The van der Waals surface area contributed by atoms with Crippen LogP contribution in [0.4, 0.5) is 0 Å². The van der Waals surface area contributed by atoms with Crippen molar-refractivity contribution in [2.45, 2.75) is 44.7 Å². The van der Waals surface area contributed by atoms with E-state index in [1.54, 1.807) is 6.26 Å². The first-order valence-corrected chi connectivity index (χ1v) is 7.39. The minimum absolute atomic E-state index is 0.830. The Morgan fingerprint density at radius 3 is 2.94 bits per heavy atom. The molecule has 0 radical (unpaired) electrons. The SMILES string of the molecule is c1coc(CN(CCCC2CCNC2)C2CC2)c1. The molecule has 1 aromatic rings. The molecule has 1 aromatic heterocycles. The normalized spacial score (nSPS) is 23.9. The smallest absolute Gasteiger partial charge is 0.117 e. The molecular formula is C15H24N2O. The average molecular weight is 248 g/mol. The zero-order valence-corrected chi connectivity index (χ0v) is 11.1. The van der Waals surface area contributed by atoms with Crippen LogP contribution in [-0.2, 0) is 6.54 Å². The van der Waals surface area contributed by atoms with Gasteiger partial charge < -0.3 is 9.73 Å². The van der Waals surface area contributed by atoms with Gasteiger partial charge in [-0.3, -0.25) is 4.90 Å². The Bertz CT molecular complexity index is 339. The van der Waals surface area contributed by atoms with Crippen LogP contribution in [-0.4, -0.2) is 30.6 Å². The maximum atomic E-state index is 5.47. The second-order valence-corrected chi connectivity index (χ2v) is 5.78. The number of hydrogen-bond donors (Lipinski definition) is 1. The molecule has 18 heavy (non-hydrogen) atoms. The van der Waals surface area contributed by atoms with Gasteiger partial charge in [0.1, 0.15) is 5.76 Å². The van der Waals surface area contributed by atoms with Crippen LogP contribution in [0.25, 0.3) is 0 Å². The fourth-order valence-corrected chi connectivity index (χ4v) is 2.98. The summed E-state index contributed by atoms with van der Waals surface area (Å²) in [6.45, 7) is 4.70. The molecule has 0 aromatic carbocycles. The number of nitrogens with zero attached hydrogens (tertiary/aromatic N) is 1. The Morgan fingerprint density at radius 1 is 1.33 bits per heavy atom. The summed E-state index contributed by atoms with van der Waals surface area (Å²) in [6.07, 6.45) is 8.64. The van der Waals surface area contributed by atoms with Crippen molar-refractivity contribution in [3.8, 4) is 0 Å². The van der Waals surface area contributed by atoms with Crippen molar-refractivity contribution in [1.29, 1.82) is 0 Å². The monoisotopic (exact) mass is 248 g/mol. The summed E-state index contributed by atoms with van der Waals surface area (Å²) in [5, 5.41) is 3.45. The minimum Gasteiger partial charge on any atom is -0.468 e. The number of hydrogen-bond acceptors (Lipinski definition) is 3. The highest BCUT2D eigenvalue weighted by Gasteiger charge is 2.29. The van der Waals surface area contributed by atoms with E-state index in [9.17, 15) is 0 Å².